The highest BCUT2D eigenvalue weighted by Crippen LogP contribution is 2.42. The summed E-state index contributed by atoms with van der Waals surface area (Å²) in [6, 6.07) is 27.9. The highest BCUT2D eigenvalue weighted by Gasteiger charge is 2.29. The average molecular weight is 809 g/mol. The second-order valence-electron chi connectivity index (χ2n) is 15.5. The third-order valence-electron chi connectivity index (χ3n) is 9.41. The third kappa shape index (κ3) is 9.22. The summed E-state index contributed by atoms with van der Waals surface area (Å²) in [4.78, 5) is 36.1. The van der Waals surface area contributed by atoms with E-state index < -0.39 is 5.91 Å². The maximum absolute atomic E-state index is 14.7. The van der Waals surface area contributed by atoms with Crippen LogP contribution in [0.25, 0.3) is 33.4 Å². The van der Waals surface area contributed by atoms with E-state index in [2.05, 4.69) is 54.3 Å². The summed E-state index contributed by atoms with van der Waals surface area (Å²) in [6.45, 7) is 12.1. The van der Waals surface area contributed by atoms with Crippen LogP contribution < -0.4 is 15.5 Å². The molecular formula is C44H44Cl3N7O2. The van der Waals surface area contributed by atoms with Crippen LogP contribution >= 0.6 is 34.8 Å². The molecule has 2 amide bonds. The lowest BCUT2D eigenvalue weighted by Gasteiger charge is -2.34. The molecule has 1 saturated heterocycles. The number of aromatic amines is 1. The van der Waals surface area contributed by atoms with Crippen LogP contribution in [0, 0.1) is 16.7 Å². The molecule has 56 heavy (non-hydrogen) atoms. The van der Waals surface area contributed by atoms with Gasteiger partial charge in [-0.3, -0.25) is 9.59 Å². The molecule has 2 aromatic heterocycles. The number of aromatic nitrogens is 3. The van der Waals surface area contributed by atoms with Crippen molar-refractivity contribution >= 4 is 69.4 Å². The molecule has 9 nitrogen and oxygen atoms in total. The lowest BCUT2D eigenvalue weighted by Crippen LogP contribution is -2.42. The molecule has 3 N–H and O–H groups in total. The van der Waals surface area contributed by atoms with Crippen LogP contribution in [0.2, 0.25) is 15.1 Å². The third-order valence-corrected chi connectivity index (χ3v) is 10.2. The second kappa shape index (κ2) is 17.3. The standard InChI is InChI=1S/C39H32Cl3N7O2.C5H12/c1-23(29-10-8-26(40)18-31(29)42)49-21-44-36(25-5-3-2-4-6-25)38(49)35-30-11-9-27(41)19-32(30)46-37(35)39(51)47-33-17-24(20-43)7-12-34(33)48-15-13-28(14-16-48)45-22-50;1-5(2,3)4/h2-12,17-19,21-23,28,46H,13-16H2,1H3,(H,45,50)(H,47,51);1-4H3. The van der Waals surface area contributed by atoms with E-state index in [9.17, 15) is 14.9 Å². The number of carbonyl (C=O) groups excluding carboxylic acids is 2. The van der Waals surface area contributed by atoms with Crippen molar-refractivity contribution < 1.29 is 9.59 Å². The predicted molar refractivity (Wildman–Crippen MR) is 229 cm³/mol. The van der Waals surface area contributed by atoms with E-state index in [1.54, 1.807) is 42.7 Å². The summed E-state index contributed by atoms with van der Waals surface area (Å²) in [5, 5.41) is 18.1. The number of nitrogens with one attached hydrogen (secondary N) is 3. The molecule has 0 saturated carbocycles. The number of hydrogen-bond donors (Lipinski definition) is 3. The van der Waals surface area contributed by atoms with E-state index in [0.29, 0.717) is 73.0 Å². The number of benzene rings is 4. The fraction of sp³-hybridized carbons (Fsp3) is 0.273. The first-order valence-electron chi connectivity index (χ1n) is 18.4. The van der Waals surface area contributed by atoms with Crippen LogP contribution in [0.1, 0.15) is 75.1 Å². The van der Waals surface area contributed by atoms with Gasteiger partial charge in [0.15, 0.2) is 0 Å². The summed E-state index contributed by atoms with van der Waals surface area (Å²) < 4.78 is 2.02. The van der Waals surface area contributed by atoms with Gasteiger partial charge in [-0.05, 0) is 73.2 Å². The number of halogens is 3. The number of rotatable bonds is 9. The van der Waals surface area contributed by atoms with Gasteiger partial charge in [0.25, 0.3) is 5.91 Å². The lowest BCUT2D eigenvalue weighted by atomic mass is 9.99. The van der Waals surface area contributed by atoms with Crippen molar-refractivity contribution in [3.8, 4) is 28.6 Å². The molecular weight excluding hydrogens is 765 g/mol. The maximum Gasteiger partial charge on any atom is 0.272 e. The zero-order valence-corrected chi connectivity index (χ0v) is 34.2. The van der Waals surface area contributed by atoms with E-state index in [1.807, 2.05) is 60.0 Å². The van der Waals surface area contributed by atoms with Crippen molar-refractivity contribution in [2.24, 2.45) is 5.41 Å². The topological polar surface area (TPSA) is 119 Å². The van der Waals surface area contributed by atoms with Crippen molar-refractivity contribution in [3.63, 3.8) is 0 Å². The highest BCUT2D eigenvalue weighted by molar-refractivity contribution is 6.35. The molecule has 1 aliphatic heterocycles. The van der Waals surface area contributed by atoms with Crippen LogP contribution in [-0.2, 0) is 4.79 Å². The van der Waals surface area contributed by atoms with E-state index >= 15 is 0 Å². The van der Waals surface area contributed by atoms with E-state index in [1.165, 1.54) is 0 Å². The maximum atomic E-state index is 14.7. The van der Waals surface area contributed by atoms with Crippen molar-refractivity contribution in [2.75, 3.05) is 23.3 Å². The van der Waals surface area contributed by atoms with Crippen LogP contribution in [0.4, 0.5) is 11.4 Å². The van der Waals surface area contributed by atoms with Crippen LogP contribution in [0.3, 0.4) is 0 Å². The molecule has 0 bridgehead atoms. The molecule has 12 heteroatoms. The Morgan fingerprint density at radius 2 is 1.64 bits per heavy atom. The molecule has 1 unspecified atom stereocenters. The van der Waals surface area contributed by atoms with Gasteiger partial charge in [0.05, 0.1) is 46.8 Å². The number of H-pyrrole nitrogens is 1. The zero-order chi connectivity index (χ0) is 40.1. The van der Waals surface area contributed by atoms with Crippen LogP contribution in [0.15, 0.2) is 91.3 Å². The average Bonchev–Trinajstić information content (AvgIpc) is 3.76. The number of imidazole rings is 1. The van der Waals surface area contributed by atoms with Gasteiger partial charge in [-0.1, -0.05) is 105 Å². The smallest absolute Gasteiger partial charge is 0.272 e. The zero-order valence-electron chi connectivity index (χ0n) is 32.0. The fourth-order valence-electron chi connectivity index (χ4n) is 6.84. The monoisotopic (exact) mass is 807 g/mol. The van der Waals surface area contributed by atoms with E-state index in [4.69, 9.17) is 39.8 Å². The Morgan fingerprint density at radius 3 is 2.30 bits per heavy atom. The normalized spacial score (nSPS) is 13.7. The molecule has 1 atom stereocenters. The number of amides is 2. The largest absolute Gasteiger partial charge is 0.370 e. The molecule has 4 aromatic carbocycles. The summed E-state index contributed by atoms with van der Waals surface area (Å²) in [6.07, 6.45) is 4.00. The number of carbonyl (C=O) groups is 2. The lowest BCUT2D eigenvalue weighted by molar-refractivity contribution is -0.110. The second-order valence-corrected chi connectivity index (χ2v) is 16.7. The molecule has 3 heterocycles. The van der Waals surface area contributed by atoms with Crippen molar-refractivity contribution in [3.05, 3.63) is 123 Å². The van der Waals surface area contributed by atoms with E-state index in [-0.39, 0.29) is 12.1 Å². The molecule has 7 rings (SSSR count). The van der Waals surface area contributed by atoms with Crippen molar-refractivity contribution in [1.29, 1.82) is 5.26 Å². The Bertz CT molecular complexity index is 2400. The molecule has 288 valence electrons. The summed E-state index contributed by atoms with van der Waals surface area (Å²) in [5.74, 6) is -0.407. The Labute approximate surface area is 342 Å². The fourth-order valence-corrected chi connectivity index (χ4v) is 7.57. The number of nitriles is 1. The summed E-state index contributed by atoms with van der Waals surface area (Å²) in [7, 11) is 0. The van der Waals surface area contributed by atoms with Gasteiger partial charge in [0, 0.05) is 56.2 Å². The Hall–Kier alpha value is -5.27. The summed E-state index contributed by atoms with van der Waals surface area (Å²) in [5.41, 5.74) is 6.87. The van der Waals surface area contributed by atoms with Gasteiger partial charge >= 0.3 is 0 Å². The SMILES string of the molecule is CC(C)(C)C.CC(c1ccc(Cl)cc1Cl)n1cnc(-c2ccccc2)c1-c1c(C(=O)Nc2cc(C#N)ccc2N2CCC(NC=O)CC2)[nH]c2cc(Cl)ccc12. The molecule has 1 aliphatic rings. The molecule has 0 radical (unpaired) electrons. The van der Waals surface area contributed by atoms with Crippen LogP contribution in [0.5, 0.6) is 0 Å². The first-order chi connectivity index (χ1) is 26.7. The van der Waals surface area contributed by atoms with Gasteiger partial charge < -0.3 is 25.1 Å². The first-order valence-corrected chi connectivity index (χ1v) is 19.6. The minimum absolute atomic E-state index is 0.0877. The Kier molecular flexibility index (Phi) is 12.4. The number of hydrogen-bond acceptors (Lipinski definition) is 5. The van der Waals surface area contributed by atoms with Crippen LogP contribution in [-0.4, -0.2) is 46.0 Å². The van der Waals surface area contributed by atoms with Crippen molar-refractivity contribution in [1.82, 2.24) is 19.9 Å². The molecule has 6 aromatic rings. The quantitative estimate of drug-likeness (QED) is 0.126. The molecule has 1 fully saturated rings. The number of anilines is 2. The Morgan fingerprint density at radius 1 is 0.964 bits per heavy atom. The minimum Gasteiger partial charge on any atom is -0.370 e. The molecule has 0 aliphatic carbocycles. The molecule has 0 spiro atoms. The van der Waals surface area contributed by atoms with E-state index in [0.717, 1.165) is 41.5 Å². The first kappa shape index (κ1) is 40.4. The van der Waals surface area contributed by atoms with Gasteiger partial charge in [-0.25, -0.2) is 4.98 Å². The number of piperidine rings is 1. The Balaban J connectivity index is 0.00000100. The predicted octanol–water partition coefficient (Wildman–Crippen LogP) is 11.2. The number of fused-ring (bicyclic) bond motifs is 1. The van der Waals surface area contributed by atoms with Crippen molar-refractivity contribution in [2.45, 2.75) is 59.5 Å². The van der Waals surface area contributed by atoms with Gasteiger partial charge in [0.1, 0.15) is 5.69 Å². The number of nitrogens with zero attached hydrogens (tertiary/aromatic N) is 4. The van der Waals surface area contributed by atoms with Gasteiger partial charge in [-0.15, -0.1) is 0 Å². The highest BCUT2D eigenvalue weighted by atomic mass is 35.5. The van der Waals surface area contributed by atoms with Gasteiger partial charge in [-0.2, -0.15) is 5.26 Å². The van der Waals surface area contributed by atoms with Gasteiger partial charge in [0.2, 0.25) is 6.41 Å². The summed E-state index contributed by atoms with van der Waals surface area (Å²) >= 11 is 19.5. The minimum atomic E-state index is -0.407.